The summed E-state index contributed by atoms with van der Waals surface area (Å²) in [6.45, 7) is 1.58. The van der Waals surface area contributed by atoms with Gasteiger partial charge in [-0.05, 0) is 6.54 Å². The maximum Gasteiger partial charge on any atom is 0.0843 e. The molecule has 0 bridgehead atoms. The first kappa shape index (κ1) is 5.44. The summed E-state index contributed by atoms with van der Waals surface area (Å²) in [6, 6.07) is 0. The zero-order valence-electron chi connectivity index (χ0n) is 4.78. The number of rotatable bonds is 2. The number of hydrogen-bond acceptors (Lipinski definition) is 3. The summed E-state index contributed by atoms with van der Waals surface area (Å²) < 4.78 is 0. The van der Waals surface area contributed by atoms with Gasteiger partial charge in [0.15, 0.2) is 0 Å². The molecule has 0 radical (unpaired) electrons. The highest BCUT2D eigenvalue weighted by atomic mass is 15.1. The highest BCUT2D eigenvalue weighted by molar-refractivity contribution is 5.02. The fourth-order valence-electron chi connectivity index (χ4n) is 0.706. The van der Waals surface area contributed by atoms with E-state index in [4.69, 9.17) is 5.73 Å². The van der Waals surface area contributed by atoms with Gasteiger partial charge in [-0.3, -0.25) is 0 Å². The first-order valence-corrected chi connectivity index (χ1v) is 2.80. The molecule has 0 aliphatic carbocycles. The van der Waals surface area contributed by atoms with Gasteiger partial charge in [-0.25, -0.2) is 0 Å². The van der Waals surface area contributed by atoms with Crippen molar-refractivity contribution in [3.05, 3.63) is 11.9 Å². The van der Waals surface area contributed by atoms with E-state index in [0.717, 1.165) is 19.6 Å². The quantitative estimate of drug-likeness (QED) is 0.445. The lowest BCUT2D eigenvalue weighted by molar-refractivity contribution is 0.776. The van der Waals surface area contributed by atoms with Crippen LogP contribution < -0.4 is 16.4 Å². The summed E-state index contributed by atoms with van der Waals surface area (Å²) in [4.78, 5) is 0. The van der Waals surface area contributed by atoms with Crippen molar-refractivity contribution in [3.63, 3.8) is 0 Å². The average Bonchev–Trinajstić information content (AvgIpc) is 2.19. The molecule has 1 aliphatic rings. The van der Waals surface area contributed by atoms with Crippen LogP contribution >= 0.6 is 0 Å². The highest BCUT2D eigenvalue weighted by Crippen LogP contribution is 1.94. The lowest BCUT2D eigenvalue weighted by Gasteiger charge is -1.96. The van der Waals surface area contributed by atoms with E-state index in [9.17, 15) is 0 Å². The molecule has 4 N–H and O–H groups in total. The third-order valence-corrected chi connectivity index (χ3v) is 1.11. The summed E-state index contributed by atoms with van der Waals surface area (Å²) in [5.74, 6) is 0. The van der Waals surface area contributed by atoms with Crippen molar-refractivity contribution >= 4 is 0 Å². The normalized spacial score (nSPS) is 16.9. The van der Waals surface area contributed by atoms with E-state index in [-0.39, 0.29) is 0 Å². The van der Waals surface area contributed by atoms with Gasteiger partial charge in [-0.2, -0.15) is 0 Å². The molecule has 8 heavy (non-hydrogen) atoms. The number of hydrogen-bond donors (Lipinski definition) is 3. The van der Waals surface area contributed by atoms with Crippen LogP contribution in [0, 0.1) is 0 Å². The van der Waals surface area contributed by atoms with Crippen LogP contribution in [0.2, 0.25) is 0 Å². The Bertz CT molecular complexity index is 97.8. The minimum Gasteiger partial charge on any atom is -0.372 e. The molecule has 0 saturated carbocycles. The van der Waals surface area contributed by atoms with Crippen LogP contribution in [-0.4, -0.2) is 13.2 Å². The van der Waals surface area contributed by atoms with Crippen molar-refractivity contribution in [2.75, 3.05) is 13.2 Å². The van der Waals surface area contributed by atoms with Gasteiger partial charge in [-0.15, -0.1) is 0 Å². The molecule has 1 heterocycles. The van der Waals surface area contributed by atoms with Crippen LogP contribution in [0.4, 0.5) is 0 Å². The predicted molar refractivity (Wildman–Crippen MR) is 32.9 cm³/mol. The largest absolute Gasteiger partial charge is 0.372 e. The van der Waals surface area contributed by atoms with Gasteiger partial charge in [0, 0.05) is 18.3 Å². The third kappa shape index (κ3) is 1.13. The van der Waals surface area contributed by atoms with E-state index in [0.29, 0.717) is 0 Å². The van der Waals surface area contributed by atoms with Crippen LogP contribution in [-0.2, 0) is 0 Å². The van der Waals surface area contributed by atoms with Crippen molar-refractivity contribution in [2.24, 2.45) is 5.73 Å². The van der Waals surface area contributed by atoms with Gasteiger partial charge in [0.1, 0.15) is 0 Å². The van der Waals surface area contributed by atoms with Gasteiger partial charge in [-0.1, -0.05) is 0 Å². The molecule has 0 spiro atoms. The van der Waals surface area contributed by atoms with Crippen molar-refractivity contribution in [1.29, 1.82) is 0 Å². The second-order valence-electron chi connectivity index (χ2n) is 1.77. The first-order chi connectivity index (χ1) is 3.93. The molecule has 0 amide bonds. The third-order valence-electron chi connectivity index (χ3n) is 1.11. The van der Waals surface area contributed by atoms with Crippen LogP contribution in [0.25, 0.3) is 0 Å². The molecule has 1 aliphatic heterocycles. The Balaban J connectivity index is 2.23. The monoisotopic (exact) mass is 113 g/mol. The van der Waals surface area contributed by atoms with Crippen LogP contribution in [0.5, 0.6) is 0 Å². The summed E-state index contributed by atoms with van der Waals surface area (Å²) in [5, 5.41) is 6.16. The molecule has 0 aromatic heterocycles. The summed E-state index contributed by atoms with van der Waals surface area (Å²) in [5.41, 5.74) is 6.52. The van der Waals surface area contributed by atoms with E-state index < -0.39 is 0 Å². The Morgan fingerprint density at radius 3 is 3.12 bits per heavy atom. The minimum absolute atomic E-state index is 0.723. The first-order valence-electron chi connectivity index (χ1n) is 2.80. The minimum atomic E-state index is 0.723. The van der Waals surface area contributed by atoms with E-state index in [2.05, 4.69) is 10.6 Å². The Labute approximate surface area is 48.9 Å². The molecular weight excluding hydrogens is 102 g/mol. The smallest absolute Gasteiger partial charge is 0.0843 e. The highest BCUT2D eigenvalue weighted by Gasteiger charge is 1.97. The summed E-state index contributed by atoms with van der Waals surface area (Å²) in [6.07, 6.45) is 2.92. The molecular formula is C5H11N3. The Hall–Kier alpha value is -0.700. The molecule has 3 nitrogen and oxygen atoms in total. The molecule has 1 rings (SSSR count). The van der Waals surface area contributed by atoms with Crippen LogP contribution in [0.15, 0.2) is 11.9 Å². The second kappa shape index (κ2) is 2.57. The molecule has 0 saturated heterocycles. The molecule has 3 heteroatoms. The maximum atomic E-state index is 5.30. The van der Waals surface area contributed by atoms with Crippen LogP contribution in [0.3, 0.4) is 0 Å². The lowest BCUT2D eigenvalue weighted by atomic mass is 10.3. The maximum absolute atomic E-state index is 5.30. The lowest BCUT2D eigenvalue weighted by Crippen LogP contribution is -2.15. The summed E-state index contributed by atoms with van der Waals surface area (Å²) >= 11 is 0. The van der Waals surface area contributed by atoms with E-state index in [1.54, 1.807) is 0 Å². The van der Waals surface area contributed by atoms with Gasteiger partial charge in [0.05, 0.1) is 6.67 Å². The Morgan fingerprint density at radius 2 is 2.62 bits per heavy atom. The number of nitrogens with two attached hydrogens (primary N) is 1. The Morgan fingerprint density at radius 1 is 1.75 bits per heavy atom. The second-order valence-corrected chi connectivity index (χ2v) is 1.77. The van der Waals surface area contributed by atoms with Crippen molar-refractivity contribution in [1.82, 2.24) is 10.6 Å². The van der Waals surface area contributed by atoms with Gasteiger partial charge in [0.2, 0.25) is 0 Å². The van der Waals surface area contributed by atoms with Gasteiger partial charge < -0.3 is 16.4 Å². The average molecular weight is 113 g/mol. The fraction of sp³-hybridized carbons (Fsp3) is 0.600. The standard InChI is InChI=1S/C5H11N3/c6-2-1-5-3-7-4-8-5/h3,7-8H,1-2,4,6H2. The van der Waals surface area contributed by atoms with Gasteiger partial charge in [0.25, 0.3) is 0 Å². The molecule has 0 atom stereocenters. The molecule has 46 valence electrons. The number of nitrogens with one attached hydrogen (secondary N) is 2. The zero-order valence-corrected chi connectivity index (χ0v) is 4.78. The fourth-order valence-corrected chi connectivity index (χ4v) is 0.706. The molecule has 0 unspecified atom stereocenters. The molecule has 0 aromatic carbocycles. The predicted octanol–water partition coefficient (Wildman–Crippen LogP) is -0.673. The van der Waals surface area contributed by atoms with Crippen molar-refractivity contribution < 1.29 is 0 Å². The van der Waals surface area contributed by atoms with Gasteiger partial charge >= 0.3 is 0 Å². The zero-order chi connectivity index (χ0) is 5.82. The van der Waals surface area contributed by atoms with E-state index in [1.807, 2.05) is 6.20 Å². The van der Waals surface area contributed by atoms with Crippen molar-refractivity contribution in [2.45, 2.75) is 6.42 Å². The van der Waals surface area contributed by atoms with E-state index in [1.165, 1.54) is 5.70 Å². The summed E-state index contributed by atoms with van der Waals surface area (Å²) in [7, 11) is 0. The Kier molecular flexibility index (Phi) is 1.75. The molecule has 0 aromatic rings. The topological polar surface area (TPSA) is 50.1 Å². The van der Waals surface area contributed by atoms with Crippen molar-refractivity contribution in [3.8, 4) is 0 Å². The van der Waals surface area contributed by atoms with Crippen LogP contribution in [0.1, 0.15) is 6.42 Å². The SMILES string of the molecule is NCCC1=CNCN1. The van der Waals surface area contributed by atoms with E-state index >= 15 is 0 Å². The molecule has 0 fully saturated rings.